The molecule has 3 heteroatoms. The average Bonchev–Trinajstić information content (AvgIpc) is 2.89. The number of ether oxygens (including phenoxy) is 1. The van der Waals surface area contributed by atoms with Gasteiger partial charge in [-0.3, -0.25) is 4.98 Å². The van der Waals surface area contributed by atoms with Crippen LogP contribution in [-0.2, 0) is 0 Å². The van der Waals surface area contributed by atoms with E-state index in [0.717, 1.165) is 11.7 Å². The maximum Gasteiger partial charge on any atom is 0.137 e. The van der Waals surface area contributed by atoms with Crippen molar-refractivity contribution in [2.24, 2.45) is 11.3 Å². The Morgan fingerprint density at radius 2 is 2.00 bits per heavy atom. The summed E-state index contributed by atoms with van der Waals surface area (Å²) in [6.07, 6.45) is 10.4. The highest BCUT2D eigenvalue weighted by Gasteiger charge is 2.41. The minimum absolute atomic E-state index is 0.370. The van der Waals surface area contributed by atoms with Crippen LogP contribution in [0.4, 0.5) is 0 Å². The zero-order valence-corrected chi connectivity index (χ0v) is 14.0. The summed E-state index contributed by atoms with van der Waals surface area (Å²) in [5.74, 6) is 1.61. The first-order valence-corrected chi connectivity index (χ1v) is 8.36. The van der Waals surface area contributed by atoms with E-state index in [4.69, 9.17) is 4.74 Å². The SMILES string of the molecule is CCOc1cncc(C(NC)C2(CC(C)C)CCCC2)c1. The van der Waals surface area contributed by atoms with Crippen molar-refractivity contribution in [2.45, 2.75) is 58.9 Å². The predicted octanol–water partition coefficient (Wildman–Crippen LogP) is 4.35. The van der Waals surface area contributed by atoms with Crippen LogP contribution in [0.2, 0.25) is 0 Å². The molecular weight excluding hydrogens is 260 g/mol. The minimum atomic E-state index is 0.370. The number of nitrogens with zero attached hydrogens (tertiary/aromatic N) is 1. The topological polar surface area (TPSA) is 34.1 Å². The third-order valence-electron chi connectivity index (χ3n) is 4.69. The van der Waals surface area contributed by atoms with Gasteiger partial charge in [-0.2, -0.15) is 0 Å². The van der Waals surface area contributed by atoms with E-state index < -0.39 is 0 Å². The van der Waals surface area contributed by atoms with E-state index in [1.165, 1.54) is 37.7 Å². The summed E-state index contributed by atoms with van der Waals surface area (Å²) in [7, 11) is 2.08. The standard InChI is InChI=1S/C18H30N2O/c1-5-21-16-10-15(12-20-13-16)17(19-4)18(11-14(2)3)8-6-7-9-18/h10,12-14,17,19H,5-9,11H2,1-4H3. The molecule has 0 bridgehead atoms. The Balaban J connectivity index is 2.29. The molecule has 1 heterocycles. The molecule has 118 valence electrons. The molecule has 0 aromatic carbocycles. The summed E-state index contributed by atoms with van der Waals surface area (Å²) in [5, 5.41) is 3.58. The van der Waals surface area contributed by atoms with Gasteiger partial charge >= 0.3 is 0 Å². The van der Waals surface area contributed by atoms with Crippen LogP contribution in [-0.4, -0.2) is 18.6 Å². The summed E-state index contributed by atoms with van der Waals surface area (Å²) in [5.41, 5.74) is 1.64. The molecule has 0 saturated heterocycles. The smallest absolute Gasteiger partial charge is 0.137 e. The third kappa shape index (κ3) is 3.76. The molecule has 1 aromatic heterocycles. The van der Waals surface area contributed by atoms with Crippen molar-refractivity contribution < 1.29 is 4.74 Å². The Hall–Kier alpha value is -1.09. The van der Waals surface area contributed by atoms with Crippen LogP contribution in [0.1, 0.15) is 64.5 Å². The zero-order valence-electron chi connectivity index (χ0n) is 14.0. The number of aromatic nitrogens is 1. The van der Waals surface area contributed by atoms with Crippen LogP contribution in [0.3, 0.4) is 0 Å². The lowest BCUT2D eigenvalue weighted by Gasteiger charge is -2.39. The van der Waals surface area contributed by atoms with Gasteiger partial charge in [0.1, 0.15) is 5.75 Å². The summed E-state index contributed by atoms with van der Waals surface area (Å²) in [6.45, 7) is 7.37. The number of nitrogens with one attached hydrogen (secondary N) is 1. The number of hydrogen-bond donors (Lipinski definition) is 1. The molecular formula is C18H30N2O. The first kappa shape index (κ1) is 16.3. The highest BCUT2D eigenvalue weighted by Crippen LogP contribution is 2.51. The second-order valence-corrected chi connectivity index (χ2v) is 6.78. The second kappa shape index (κ2) is 7.26. The molecule has 1 aromatic rings. The summed E-state index contributed by atoms with van der Waals surface area (Å²) >= 11 is 0. The van der Waals surface area contributed by atoms with E-state index in [2.05, 4.69) is 37.3 Å². The zero-order chi connectivity index (χ0) is 15.3. The third-order valence-corrected chi connectivity index (χ3v) is 4.69. The Morgan fingerprint density at radius 3 is 2.57 bits per heavy atom. The van der Waals surface area contributed by atoms with E-state index in [1.54, 1.807) is 0 Å². The van der Waals surface area contributed by atoms with E-state index in [9.17, 15) is 0 Å². The van der Waals surface area contributed by atoms with Crippen molar-refractivity contribution in [3.05, 3.63) is 24.0 Å². The summed E-state index contributed by atoms with van der Waals surface area (Å²) in [4.78, 5) is 4.39. The van der Waals surface area contributed by atoms with Gasteiger partial charge in [0.25, 0.3) is 0 Å². The van der Waals surface area contributed by atoms with Crippen molar-refractivity contribution in [1.29, 1.82) is 0 Å². The molecule has 1 saturated carbocycles. The molecule has 0 spiro atoms. The van der Waals surface area contributed by atoms with E-state index >= 15 is 0 Å². The van der Waals surface area contributed by atoms with Crippen LogP contribution < -0.4 is 10.1 Å². The molecule has 1 aliphatic rings. The lowest BCUT2D eigenvalue weighted by molar-refractivity contribution is 0.161. The summed E-state index contributed by atoms with van der Waals surface area (Å²) in [6, 6.07) is 2.54. The Kier molecular flexibility index (Phi) is 5.63. The molecule has 0 radical (unpaired) electrons. The Morgan fingerprint density at radius 1 is 1.29 bits per heavy atom. The first-order chi connectivity index (χ1) is 10.1. The van der Waals surface area contributed by atoms with Gasteiger partial charge in [-0.25, -0.2) is 0 Å². The van der Waals surface area contributed by atoms with Crippen molar-refractivity contribution in [1.82, 2.24) is 10.3 Å². The van der Waals surface area contributed by atoms with Gasteiger partial charge in [0.15, 0.2) is 0 Å². The Bertz CT molecular complexity index is 439. The Labute approximate surface area is 129 Å². The minimum Gasteiger partial charge on any atom is -0.492 e. The van der Waals surface area contributed by atoms with Gasteiger partial charge in [-0.05, 0) is 56.2 Å². The van der Waals surface area contributed by atoms with Crippen LogP contribution >= 0.6 is 0 Å². The maximum atomic E-state index is 5.63. The van der Waals surface area contributed by atoms with E-state index in [1.807, 2.05) is 19.3 Å². The largest absolute Gasteiger partial charge is 0.492 e. The number of rotatable bonds is 7. The predicted molar refractivity (Wildman–Crippen MR) is 87.6 cm³/mol. The molecule has 1 fully saturated rings. The van der Waals surface area contributed by atoms with E-state index in [0.29, 0.717) is 18.1 Å². The molecule has 1 aliphatic carbocycles. The molecule has 2 rings (SSSR count). The fraction of sp³-hybridized carbons (Fsp3) is 0.722. The van der Waals surface area contributed by atoms with Crippen LogP contribution in [0.5, 0.6) is 5.75 Å². The molecule has 1 N–H and O–H groups in total. The molecule has 1 atom stereocenters. The summed E-state index contributed by atoms with van der Waals surface area (Å²) < 4.78 is 5.63. The van der Waals surface area contributed by atoms with Crippen molar-refractivity contribution in [3.63, 3.8) is 0 Å². The number of hydrogen-bond acceptors (Lipinski definition) is 3. The number of pyridine rings is 1. The van der Waals surface area contributed by atoms with Crippen molar-refractivity contribution in [2.75, 3.05) is 13.7 Å². The highest BCUT2D eigenvalue weighted by atomic mass is 16.5. The van der Waals surface area contributed by atoms with Crippen molar-refractivity contribution >= 4 is 0 Å². The van der Waals surface area contributed by atoms with Crippen LogP contribution in [0, 0.1) is 11.3 Å². The van der Waals surface area contributed by atoms with Gasteiger partial charge in [-0.1, -0.05) is 26.7 Å². The van der Waals surface area contributed by atoms with Gasteiger partial charge < -0.3 is 10.1 Å². The normalized spacial score (nSPS) is 18.9. The van der Waals surface area contributed by atoms with Gasteiger partial charge in [0.2, 0.25) is 0 Å². The van der Waals surface area contributed by atoms with Crippen LogP contribution in [0.25, 0.3) is 0 Å². The molecule has 0 aliphatic heterocycles. The lowest BCUT2D eigenvalue weighted by atomic mass is 9.70. The lowest BCUT2D eigenvalue weighted by Crippen LogP contribution is -2.36. The monoisotopic (exact) mass is 290 g/mol. The maximum absolute atomic E-state index is 5.63. The average molecular weight is 290 g/mol. The quantitative estimate of drug-likeness (QED) is 0.810. The van der Waals surface area contributed by atoms with Gasteiger partial charge in [-0.15, -0.1) is 0 Å². The van der Waals surface area contributed by atoms with Gasteiger partial charge in [0, 0.05) is 12.2 Å². The molecule has 21 heavy (non-hydrogen) atoms. The van der Waals surface area contributed by atoms with Gasteiger partial charge in [0.05, 0.1) is 12.8 Å². The molecule has 3 nitrogen and oxygen atoms in total. The fourth-order valence-electron chi connectivity index (χ4n) is 4.17. The van der Waals surface area contributed by atoms with Crippen LogP contribution in [0.15, 0.2) is 18.5 Å². The molecule has 0 amide bonds. The highest BCUT2D eigenvalue weighted by molar-refractivity contribution is 5.28. The second-order valence-electron chi connectivity index (χ2n) is 6.78. The molecule has 1 unspecified atom stereocenters. The fourth-order valence-corrected chi connectivity index (χ4v) is 4.17. The van der Waals surface area contributed by atoms with Crippen molar-refractivity contribution in [3.8, 4) is 5.75 Å². The first-order valence-electron chi connectivity index (χ1n) is 8.36. The van der Waals surface area contributed by atoms with E-state index in [-0.39, 0.29) is 0 Å².